The number of sulfonamides is 1. The summed E-state index contributed by atoms with van der Waals surface area (Å²) in [4.78, 5) is 12.4. The van der Waals surface area contributed by atoms with Gasteiger partial charge in [0.05, 0.1) is 0 Å². The van der Waals surface area contributed by atoms with Crippen molar-refractivity contribution in [3.8, 4) is 0 Å². The average molecular weight is 356 g/mol. The molecule has 0 spiro atoms. The normalized spacial score (nSPS) is 16.5. The van der Waals surface area contributed by atoms with Gasteiger partial charge in [0.25, 0.3) is 10.0 Å². The molecule has 3 rings (SSSR count). The summed E-state index contributed by atoms with van der Waals surface area (Å²) in [6.07, 6.45) is 0.449. The Bertz CT molecular complexity index is 834. The van der Waals surface area contributed by atoms with Crippen molar-refractivity contribution in [2.24, 2.45) is 5.92 Å². The number of aromatic nitrogens is 3. The van der Waals surface area contributed by atoms with Crippen LogP contribution < -0.4 is 5.69 Å². The van der Waals surface area contributed by atoms with E-state index in [1.165, 1.54) is 20.3 Å². The van der Waals surface area contributed by atoms with E-state index in [4.69, 9.17) is 0 Å². The minimum absolute atomic E-state index is 0.149. The fourth-order valence-electron chi connectivity index (χ4n) is 2.69. The van der Waals surface area contributed by atoms with Crippen LogP contribution in [0.5, 0.6) is 0 Å². The van der Waals surface area contributed by atoms with Gasteiger partial charge in [-0.15, -0.1) is 11.3 Å². The maximum atomic E-state index is 12.6. The van der Waals surface area contributed by atoms with E-state index < -0.39 is 10.0 Å². The monoisotopic (exact) mass is 356 g/mol. The van der Waals surface area contributed by atoms with Gasteiger partial charge >= 0.3 is 5.69 Å². The Hall–Kier alpha value is -1.45. The van der Waals surface area contributed by atoms with E-state index in [-0.39, 0.29) is 5.69 Å². The van der Waals surface area contributed by atoms with Crippen molar-refractivity contribution in [3.63, 3.8) is 0 Å². The lowest BCUT2D eigenvalue weighted by Gasteiger charge is -2.18. The molecular formula is C14H20N4O3S2. The minimum atomic E-state index is -3.48. The molecule has 7 nitrogen and oxygen atoms in total. The zero-order valence-electron chi connectivity index (χ0n) is 13.2. The number of thiophene rings is 1. The third-order valence-corrected chi connectivity index (χ3v) is 7.06. The number of fused-ring (bicyclic) bond motifs is 1. The molecule has 0 atom stereocenters. The topological polar surface area (TPSA) is 77.2 Å². The van der Waals surface area contributed by atoms with Crippen LogP contribution in [-0.4, -0.2) is 40.2 Å². The second-order valence-corrected chi connectivity index (χ2v) is 9.13. The van der Waals surface area contributed by atoms with Crippen LogP contribution in [0.3, 0.4) is 0 Å². The van der Waals surface area contributed by atoms with Crippen molar-refractivity contribution in [1.29, 1.82) is 0 Å². The lowest BCUT2D eigenvalue weighted by Crippen LogP contribution is -2.35. The molecule has 9 heteroatoms. The van der Waals surface area contributed by atoms with Gasteiger partial charge in [-0.2, -0.15) is 9.40 Å². The third kappa shape index (κ3) is 3.13. The Labute approximate surface area is 139 Å². The molecule has 0 bridgehead atoms. The molecule has 0 aliphatic carbocycles. The summed E-state index contributed by atoms with van der Waals surface area (Å²) >= 11 is 1.21. The largest absolute Gasteiger partial charge is 0.345 e. The molecule has 0 aromatic carbocycles. The summed E-state index contributed by atoms with van der Waals surface area (Å²) < 4.78 is 30.1. The number of hydrogen-bond donors (Lipinski definition) is 0. The second kappa shape index (κ2) is 6.21. The standard InChI is InChI=1S/C14H20N4O3S2/c1-11(2)10-18-14(19)17-8-7-16(6-5-12(17)15-18)23(20,21)13-4-3-9-22-13/h3-4,9,11H,5-8,10H2,1-2H3. The first-order valence-corrected chi connectivity index (χ1v) is 9.91. The van der Waals surface area contributed by atoms with Crippen LogP contribution in [0.15, 0.2) is 26.5 Å². The summed E-state index contributed by atoms with van der Waals surface area (Å²) in [5.74, 6) is 1.00. The van der Waals surface area contributed by atoms with E-state index in [0.29, 0.717) is 48.6 Å². The van der Waals surface area contributed by atoms with Crippen molar-refractivity contribution in [3.05, 3.63) is 33.8 Å². The SMILES string of the molecule is CC(C)Cn1nc2n(c1=O)CCN(S(=O)(=O)c1cccs1)CC2. The van der Waals surface area contributed by atoms with Gasteiger partial charge in [0.15, 0.2) is 0 Å². The zero-order chi connectivity index (χ0) is 16.6. The van der Waals surface area contributed by atoms with Crippen molar-refractivity contribution in [2.45, 2.75) is 37.6 Å². The van der Waals surface area contributed by atoms with E-state index in [2.05, 4.69) is 5.10 Å². The first-order valence-electron chi connectivity index (χ1n) is 7.60. The number of hydrogen-bond acceptors (Lipinski definition) is 5. The Balaban J connectivity index is 1.83. The Morgan fingerprint density at radius 3 is 2.74 bits per heavy atom. The minimum Gasteiger partial charge on any atom is -0.278 e. The van der Waals surface area contributed by atoms with Gasteiger partial charge in [-0.05, 0) is 17.4 Å². The molecule has 3 heterocycles. The molecule has 1 aliphatic rings. The smallest absolute Gasteiger partial charge is 0.278 e. The van der Waals surface area contributed by atoms with Crippen LogP contribution in [-0.2, 0) is 29.5 Å². The molecule has 0 amide bonds. The Morgan fingerprint density at radius 1 is 1.30 bits per heavy atom. The van der Waals surface area contributed by atoms with Crippen molar-refractivity contribution in [1.82, 2.24) is 18.7 Å². The van der Waals surface area contributed by atoms with Crippen LogP contribution in [0, 0.1) is 5.92 Å². The number of nitrogens with zero attached hydrogens (tertiary/aromatic N) is 4. The summed E-state index contributed by atoms with van der Waals surface area (Å²) in [6.45, 7) is 5.63. The molecule has 0 fully saturated rings. The highest BCUT2D eigenvalue weighted by molar-refractivity contribution is 7.91. The summed E-state index contributed by atoms with van der Waals surface area (Å²) in [7, 11) is -3.48. The van der Waals surface area contributed by atoms with Gasteiger partial charge in [0.1, 0.15) is 10.0 Å². The quantitative estimate of drug-likeness (QED) is 0.819. The molecule has 0 saturated heterocycles. The second-order valence-electron chi connectivity index (χ2n) is 6.01. The van der Waals surface area contributed by atoms with Crippen LogP contribution in [0.25, 0.3) is 0 Å². The molecule has 1 aliphatic heterocycles. The summed E-state index contributed by atoms with van der Waals surface area (Å²) in [5.41, 5.74) is -0.149. The van der Waals surface area contributed by atoms with E-state index in [1.807, 2.05) is 13.8 Å². The van der Waals surface area contributed by atoms with Crippen molar-refractivity contribution < 1.29 is 8.42 Å². The molecule has 126 valence electrons. The molecule has 0 N–H and O–H groups in total. The first-order chi connectivity index (χ1) is 10.9. The fourth-order valence-corrected chi connectivity index (χ4v) is 5.26. The van der Waals surface area contributed by atoms with Gasteiger partial charge in [-0.25, -0.2) is 17.9 Å². The summed E-state index contributed by atoms with van der Waals surface area (Å²) in [5, 5.41) is 6.13. The van der Waals surface area contributed by atoms with Crippen molar-refractivity contribution in [2.75, 3.05) is 13.1 Å². The average Bonchev–Trinajstić information content (AvgIpc) is 3.05. The van der Waals surface area contributed by atoms with E-state index in [1.54, 1.807) is 22.1 Å². The van der Waals surface area contributed by atoms with E-state index in [0.717, 1.165) is 0 Å². The highest BCUT2D eigenvalue weighted by Crippen LogP contribution is 2.22. The molecular weight excluding hydrogens is 336 g/mol. The van der Waals surface area contributed by atoms with Crippen LogP contribution in [0.2, 0.25) is 0 Å². The molecule has 0 saturated carbocycles. The van der Waals surface area contributed by atoms with E-state index in [9.17, 15) is 13.2 Å². The van der Waals surface area contributed by atoms with Crippen molar-refractivity contribution >= 4 is 21.4 Å². The predicted molar refractivity (Wildman–Crippen MR) is 88.1 cm³/mol. The molecule has 23 heavy (non-hydrogen) atoms. The lowest BCUT2D eigenvalue weighted by molar-refractivity contribution is 0.406. The fraction of sp³-hybridized carbons (Fsp3) is 0.571. The van der Waals surface area contributed by atoms with Crippen LogP contribution in [0.4, 0.5) is 0 Å². The van der Waals surface area contributed by atoms with Gasteiger partial charge in [-0.3, -0.25) is 4.57 Å². The van der Waals surface area contributed by atoms with Crippen LogP contribution in [0.1, 0.15) is 19.7 Å². The highest BCUT2D eigenvalue weighted by atomic mass is 32.2. The third-order valence-electron chi connectivity index (χ3n) is 3.78. The maximum Gasteiger partial charge on any atom is 0.345 e. The Morgan fingerprint density at radius 2 is 2.09 bits per heavy atom. The van der Waals surface area contributed by atoms with Crippen LogP contribution >= 0.6 is 11.3 Å². The van der Waals surface area contributed by atoms with E-state index >= 15 is 0 Å². The van der Waals surface area contributed by atoms with Gasteiger partial charge < -0.3 is 0 Å². The Kier molecular flexibility index (Phi) is 4.43. The zero-order valence-corrected chi connectivity index (χ0v) is 14.8. The lowest BCUT2D eigenvalue weighted by atomic mass is 10.2. The maximum absolute atomic E-state index is 12.6. The number of rotatable bonds is 4. The predicted octanol–water partition coefficient (Wildman–Crippen LogP) is 1.01. The van der Waals surface area contributed by atoms with Gasteiger partial charge in [0.2, 0.25) is 0 Å². The molecule has 2 aromatic rings. The summed E-state index contributed by atoms with van der Waals surface area (Å²) in [6, 6.07) is 3.34. The highest BCUT2D eigenvalue weighted by Gasteiger charge is 2.29. The van der Waals surface area contributed by atoms with Gasteiger partial charge in [0, 0.05) is 32.6 Å². The molecule has 0 radical (unpaired) electrons. The first kappa shape index (κ1) is 16.4. The molecule has 0 unspecified atom stereocenters. The molecule has 2 aromatic heterocycles. The van der Waals surface area contributed by atoms with Gasteiger partial charge in [-0.1, -0.05) is 19.9 Å².